The van der Waals surface area contributed by atoms with Crippen LogP contribution in [0.2, 0.25) is 0 Å². The van der Waals surface area contributed by atoms with Crippen molar-refractivity contribution in [2.24, 2.45) is 5.73 Å². The minimum atomic E-state index is -0.477. The maximum atomic E-state index is 12.4. The Morgan fingerprint density at radius 2 is 1.68 bits per heavy atom. The Morgan fingerprint density at radius 1 is 1.04 bits per heavy atom. The molecule has 0 spiro atoms. The van der Waals surface area contributed by atoms with Gasteiger partial charge in [-0.25, -0.2) is 4.79 Å². The van der Waals surface area contributed by atoms with E-state index < -0.39 is 5.97 Å². The van der Waals surface area contributed by atoms with Crippen molar-refractivity contribution in [2.45, 2.75) is 6.42 Å². The van der Waals surface area contributed by atoms with Gasteiger partial charge in [0.25, 0.3) is 0 Å². The van der Waals surface area contributed by atoms with Gasteiger partial charge in [-0.05, 0) is 41.8 Å². The summed E-state index contributed by atoms with van der Waals surface area (Å²) in [5, 5.41) is 0. The minimum absolute atomic E-state index is 0.318. The van der Waals surface area contributed by atoms with E-state index in [1.165, 1.54) is 7.11 Å². The first-order chi connectivity index (χ1) is 12.1. The smallest absolute Gasteiger partial charge is 0.339 e. The lowest BCUT2D eigenvalue weighted by atomic mass is 9.95. The molecule has 0 aromatic heterocycles. The van der Waals surface area contributed by atoms with E-state index in [9.17, 15) is 4.79 Å². The molecule has 2 aromatic rings. The summed E-state index contributed by atoms with van der Waals surface area (Å²) in [4.78, 5) is 12.4. The van der Waals surface area contributed by atoms with Crippen molar-refractivity contribution in [2.75, 3.05) is 27.9 Å². The van der Waals surface area contributed by atoms with Gasteiger partial charge in [0.2, 0.25) is 0 Å². The number of carbonyl (C=O) groups is 1. The Kier molecular flexibility index (Phi) is 6.60. The van der Waals surface area contributed by atoms with Crippen LogP contribution in [0, 0.1) is 6.08 Å². The first-order valence-electron chi connectivity index (χ1n) is 7.87. The molecule has 0 aliphatic rings. The van der Waals surface area contributed by atoms with E-state index in [1.807, 2.05) is 36.4 Å². The van der Waals surface area contributed by atoms with E-state index in [0.29, 0.717) is 35.6 Å². The van der Waals surface area contributed by atoms with Crippen LogP contribution in [0.15, 0.2) is 42.5 Å². The lowest BCUT2D eigenvalue weighted by molar-refractivity contribution is -0.133. The Morgan fingerprint density at radius 3 is 2.24 bits per heavy atom. The van der Waals surface area contributed by atoms with Crippen molar-refractivity contribution < 1.29 is 19.0 Å². The average molecular weight is 340 g/mol. The van der Waals surface area contributed by atoms with Crippen LogP contribution in [0.3, 0.4) is 0 Å². The molecule has 0 atom stereocenters. The molecule has 0 saturated carbocycles. The SMILES string of the molecule is COC(=O)C(=[C]c1ccccc1)c1cc(OC)c(OC)cc1CCN. The van der Waals surface area contributed by atoms with E-state index in [0.717, 1.165) is 11.1 Å². The van der Waals surface area contributed by atoms with Crippen molar-refractivity contribution >= 4 is 11.5 Å². The second-order valence-electron chi connectivity index (χ2n) is 5.26. The van der Waals surface area contributed by atoms with E-state index in [1.54, 1.807) is 20.3 Å². The maximum absolute atomic E-state index is 12.4. The van der Waals surface area contributed by atoms with Gasteiger partial charge in [0, 0.05) is 6.08 Å². The summed E-state index contributed by atoms with van der Waals surface area (Å²) in [6.07, 6.45) is 3.71. The highest BCUT2D eigenvalue weighted by atomic mass is 16.5. The first-order valence-corrected chi connectivity index (χ1v) is 7.87. The summed E-state index contributed by atoms with van der Waals surface area (Å²) in [7, 11) is 4.46. The van der Waals surface area contributed by atoms with Gasteiger partial charge in [-0.15, -0.1) is 0 Å². The van der Waals surface area contributed by atoms with Crippen LogP contribution in [-0.4, -0.2) is 33.8 Å². The fraction of sp³-hybridized carbons (Fsp3) is 0.250. The molecule has 0 aliphatic heterocycles. The summed E-state index contributed by atoms with van der Waals surface area (Å²) < 4.78 is 15.7. The third kappa shape index (κ3) is 4.39. The second kappa shape index (κ2) is 8.89. The quantitative estimate of drug-likeness (QED) is 0.477. The molecule has 2 rings (SSSR count). The van der Waals surface area contributed by atoms with E-state index >= 15 is 0 Å². The highest BCUT2D eigenvalue weighted by molar-refractivity contribution is 6.16. The van der Waals surface area contributed by atoms with Crippen LogP contribution >= 0.6 is 0 Å². The van der Waals surface area contributed by atoms with Crippen molar-refractivity contribution in [3.05, 3.63) is 65.2 Å². The van der Waals surface area contributed by atoms with Crippen molar-refractivity contribution in [3.63, 3.8) is 0 Å². The fourth-order valence-corrected chi connectivity index (χ4v) is 2.51. The number of carbonyl (C=O) groups excluding carboxylic acids is 1. The zero-order valence-corrected chi connectivity index (χ0v) is 14.7. The van der Waals surface area contributed by atoms with Crippen LogP contribution in [0.4, 0.5) is 0 Å². The van der Waals surface area contributed by atoms with Gasteiger partial charge in [0.15, 0.2) is 11.5 Å². The van der Waals surface area contributed by atoms with E-state index in [2.05, 4.69) is 6.08 Å². The number of rotatable bonds is 7. The summed E-state index contributed by atoms with van der Waals surface area (Å²) >= 11 is 0. The molecule has 0 unspecified atom stereocenters. The number of ether oxygens (including phenoxy) is 3. The standard InChI is InChI=1S/C20H22NO4/c1-23-18-12-15(9-10-21)16(13-19(18)24-2)17(20(22)25-3)11-14-7-5-4-6-8-14/h4-8,12-13H,9-10,21H2,1-3H3. The van der Waals surface area contributed by atoms with Crippen LogP contribution in [-0.2, 0) is 16.0 Å². The molecule has 2 aromatic carbocycles. The first kappa shape index (κ1) is 18.5. The van der Waals surface area contributed by atoms with Gasteiger partial charge in [-0.3, -0.25) is 0 Å². The molecule has 0 amide bonds. The second-order valence-corrected chi connectivity index (χ2v) is 5.26. The molecular weight excluding hydrogens is 318 g/mol. The molecule has 5 nitrogen and oxygen atoms in total. The average Bonchev–Trinajstić information content (AvgIpc) is 2.66. The highest BCUT2D eigenvalue weighted by Gasteiger charge is 2.20. The van der Waals surface area contributed by atoms with Gasteiger partial charge >= 0.3 is 5.97 Å². The van der Waals surface area contributed by atoms with Gasteiger partial charge in [-0.1, -0.05) is 30.3 Å². The number of benzene rings is 2. The Balaban J connectivity index is 2.67. The molecule has 0 aliphatic carbocycles. The van der Waals surface area contributed by atoms with E-state index in [4.69, 9.17) is 19.9 Å². The third-order valence-electron chi connectivity index (χ3n) is 3.73. The topological polar surface area (TPSA) is 70.8 Å². The minimum Gasteiger partial charge on any atom is -0.493 e. The molecular formula is C20H22NO4. The van der Waals surface area contributed by atoms with Gasteiger partial charge < -0.3 is 19.9 Å². The predicted octanol–water partition coefficient (Wildman–Crippen LogP) is 2.61. The van der Waals surface area contributed by atoms with Gasteiger partial charge in [0.05, 0.1) is 26.9 Å². The van der Waals surface area contributed by atoms with Gasteiger partial charge in [-0.2, -0.15) is 0 Å². The number of hydrogen-bond donors (Lipinski definition) is 1. The number of esters is 1. The summed E-state index contributed by atoms with van der Waals surface area (Å²) in [5.41, 5.74) is 8.36. The Bertz CT molecular complexity index is 754. The molecule has 0 fully saturated rings. The van der Waals surface area contributed by atoms with Crippen LogP contribution in [0.5, 0.6) is 11.5 Å². The van der Waals surface area contributed by atoms with E-state index in [-0.39, 0.29) is 0 Å². The number of nitrogens with two attached hydrogens (primary N) is 1. The fourth-order valence-electron chi connectivity index (χ4n) is 2.51. The molecule has 1 radical (unpaired) electrons. The normalized spacial score (nSPS) is 11.1. The lowest BCUT2D eigenvalue weighted by Gasteiger charge is -2.16. The van der Waals surface area contributed by atoms with Gasteiger partial charge in [0.1, 0.15) is 0 Å². The largest absolute Gasteiger partial charge is 0.493 e. The van der Waals surface area contributed by atoms with Crippen LogP contribution in [0.1, 0.15) is 16.7 Å². The zero-order chi connectivity index (χ0) is 18.2. The Hall–Kier alpha value is -2.79. The van der Waals surface area contributed by atoms with Crippen LogP contribution < -0.4 is 15.2 Å². The predicted molar refractivity (Wildman–Crippen MR) is 96.5 cm³/mol. The lowest BCUT2D eigenvalue weighted by Crippen LogP contribution is -2.11. The summed E-state index contributed by atoms with van der Waals surface area (Å²) in [5.74, 6) is 0.627. The molecule has 131 valence electrons. The highest BCUT2D eigenvalue weighted by Crippen LogP contribution is 2.34. The maximum Gasteiger partial charge on any atom is 0.339 e. The number of hydrogen-bond acceptors (Lipinski definition) is 5. The monoisotopic (exact) mass is 340 g/mol. The van der Waals surface area contributed by atoms with Crippen molar-refractivity contribution in [1.82, 2.24) is 0 Å². The molecule has 0 saturated heterocycles. The Labute approximate surface area is 148 Å². The summed E-state index contributed by atoms with van der Waals surface area (Å²) in [6.45, 7) is 0.433. The molecule has 25 heavy (non-hydrogen) atoms. The molecule has 0 heterocycles. The molecule has 5 heteroatoms. The summed E-state index contributed by atoms with van der Waals surface area (Å²) in [6, 6.07) is 13.0. The van der Waals surface area contributed by atoms with Crippen molar-refractivity contribution in [1.29, 1.82) is 0 Å². The van der Waals surface area contributed by atoms with Crippen LogP contribution in [0.25, 0.3) is 5.57 Å². The molecule has 2 N–H and O–H groups in total. The number of methoxy groups -OCH3 is 3. The molecule has 0 bridgehead atoms. The van der Waals surface area contributed by atoms with Crippen molar-refractivity contribution in [3.8, 4) is 11.5 Å². The zero-order valence-electron chi connectivity index (χ0n) is 14.7. The third-order valence-corrected chi connectivity index (χ3v) is 3.73.